The van der Waals surface area contributed by atoms with Gasteiger partial charge in [0.1, 0.15) is 10.8 Å². The average molecular weight is 602 g/mol. The summed E-state index contributed by atoms with van der Waals surface area (Å²) in [6, 6.07) is 14.3. The molecule has 11 nitrogen and oxygen atoms in total. The number of benzene rings is 2. The summed E-state index contributed by atoms with van der Waals surface area (Å²) in [7, 11) is 3.20. The fraction of sp³-hybridized carbons (Fsp3) is 0.429. The summed E-state index contributed by atoms with van der Waals surface area (Å²) < 4.78 is 22.0. The first kappa shape index (κ1) is 29.6. The van der Waals surface area contributed by atoms with Crippen molar-refractivity contribution in [3.05, 3.63) is 53.7 Å². The predicted octanol–water partition coefficient (Wildman–Crippen LogP) is 5.40. The zero-order valence-electron chi connectivity index (χ0n) is 23.6. The van der Waals surface area contributed by atoms with Gasteiger partial charge in [0.05, 0.1) is 24.7 Å². The number of methoxy groups -OCH3 is 1. The molecule has 1 aromatic heterocycles. The van der Waals surface area contributed by atoms with Gasteiger partial charge in [0.25, 0.3) is 0 Å². The molecule has 2 aliphatic rings. The van der Waals surface area contributed by atoms with Crippen molar-refractivity contribution in [2.24, 2.45) is 0 Å². The summed E-state index contributed by atoms with van der Waals surface area (Å²) in [5.74, 6) is 2.04. The summed E-state index contributed by atoms with van der Waals surface area (Å²) >= 11 is 6.45. The number of ether oxygens (including phenoxy) is 1. The monoisotopic (exact) mass is 601 g/mol. The summed E-state index contributed by atoms with van der Waals surface area (Å²) in [5.41, 5.74) is 2.56. The number of piperidine rings is 1. The van der Waals surface area contributed by atoms with Gasteiger partial charge < -0.3 is 39.2 Å². The molecule has 5 rings (SSSR count). The van der Waals surface area contributed by atoms with Crippen LogP contribution >= 0.6 is 20.2 Å². The van der Waals surface area contributed by atoms with Crippen LogP contribution in [0.25, 0.3) is 0 Å². The largest absolute Gasteiger partial charge is 0.494 e. The molecule has 3 aromatic rings. The van der Waals surface area contributed by atoms with Crippen LogP contribution in [0.1, 0.15) is 12.8 Å². The van der Waals surface area contributed by atoms with Gasteiger partial charge in [-0.3, -0.25) is 4.90 Å². The molecular weight excluding hydrogens is 565 g/mol. The van der Waals surface area contributed by atoms with Gasteiger partial charge in [-0.05, 0) is 37.1 Å². The molecule has 0 atom stereocenters. The maximum atomic E-state index is 6.45. The van der Waals surface area contributed by atoms with E-state index in [1.807, 2.05) is 30.3 Å². The minimum atomic E-state index is -1.53. The number of para-hydroxylation sites is 2. The number of aromatic nitrogens is 2. The van der Waals surface area contributed by atoms with Crippen molar-refractivity contribution >= 4 is 49.0 Å². The van der Waals surface area contributed by atoms with Crippen LogP contribution in [0.5, 0.6) is 11.5 Å². The first-order valence-corrected chi connectivity index (χ1v) is 15.1. The summed E-state index contributed by atoms with van der Waals surface area (Å²) in [6.45, 7) is 6.53. The van der Waals surface area contributed by atoms with Crippen LogP contribution in [0.4, 0.5) is 28.8 Å². The molecule has 0 amide bonds. The Morgan fingerprint density at radius 3 is 2.39 bits per heavy atom. The quantitative estimate of drug-likeness (QED) is 0.246. The summed E-state index contributed by atoms with van der Waals surface area (Å²) in [5, 5.41) is 10.3. The fourth-order valence-corrected chi connectivity index (χ4v) is 5.91. The van der Waals surface area contributed by atoms with Gasteiger partial charge >= 0.3 is 8.60 Å². The third-order valence-electron chi connectivity index (χ3n) is 7.28. The number of piperazine rings is 1. The number of nitrogens with one attached hydrogen (secondary N) is 3. The Hall–Kier alpha value is -2.92. The average Bonchev–Trinajstić information content (AvgIpc) is 3.03. The minimum absolute atomic E-state index is 0.359. The van der Waals surface area contributed by atoms with Gasteiger partial charge in [-0.1, -0.05) is 23.7 Å². The number of hydrogen-bond donors (Lipinski definition) is 3. The highest BCUT2D eigenvalue weighted by atomic mass is 35.5. The molecule has 0 aliphatic carbocycles. The topological polar surface area (TPSA) is 105 Å². The molecule has 0 spiro atoms. The Labute approximate surface area is 247 Å². The number of halogens is 1. The van der Waals surface area contributed by atoms with Gasteiger partial charge in [-0.2, -0.15) is 4.98 Å². The fourth-order valence-electron chi connectivity index (χ4n) is 5.16. The highest BCUT2D eigenvalue weighted by Crippen LogP contribution is 2.42. The van der Waals surface area contributed by atoms with Crippen LogP contribution in [0, 0.1) is 0 Å². The van der Waals surface area contributed by atoms with E-state index in [9.17, 15) is 0 Å². The second-order valence-corrected chi connectivity index (χ2v) is 11.5. The maximum absolute atomic E-state index is 6.45. The van der Waals surface area contributed by atoms with Crippen LogP contribution in [0.15, 0.2) is 48.7 Å². The van der Waals surface area contributed by atoms with Crippen molar-refractivity contribution in [2.45, 2.75) is 18.9 Å². The van der Waals surface area contributed by atoms with Crippen molar-refractivity contribution in [2.75, 3.05) is 76.1 Å². The molecule has 3 heterocycles. The first-order chi connectivity index (χ1) is 20.1. The molecule has 2 aromatic carbocycles. The smallest absolute Gasteiger partial charge is 0.396 e. The summed E-state index contributed by atoms with van der Waals surface area (Å²) in [4.78, 5) is 14.1. The van der Waals surface area contributed by atoms with Gasteiger partial charge in [-0.25, -0.2) is 4.98 Å². The zero-order valence-corrected chi connectivity index (χ0v) is 25.3. The first-order valence-electron chi connectivity index (χ1n) is 13.7. The van der Waals surface area contributed by atoms with Gasteiger partial charge in [0.2, 0.25) is 5.95 Å². The van der Waals surface area contributed by atoms with E-state index in [1.54, 1.807) is 13.3 Å². The zero-order chi connectivity index (χ0) is 28.6. The Balaban J connectivity index is 1.26. The highest BCUT2D eigenvalue weighted by molar-refractivity contribution is 7.42. The van der Waals surface area contributed by atoms with E-state index in [2.05, 4.69) is 47.9 Å². The van der Waals surface area contributed by atoms with E-state index >= 15 is 0 Å². The Morgan fingerprint density at radius 1 is 0.927 bits per heavy atom. The number of nitrogens with zero attached hydrogens (tertiary/aromatic N) is 4. The van der Waals surface area contributed by atoms with E-state index in [1.165, 1.54) is 27.1 Å². The van der Waals surface area contributed by atoms with Gasteiger partial charge in [0.15, 0.2) is 11.6 Å². The van der Waals surface area contributed by atoms with E-state index in [0.717, 1.165) is 50.6 Å². The summed E-state index contributed by atoms with van der Waals surface area (Å²) in [6.07, 6.45) is 3.89. The lowest BCUT2D eigenvalue weighted by Gasteiger charge is -2.41. The molecule has 13 heteroatoms. The van der Waals surface area contributed by atoms with Crippen molar-refractivity contribution in [1.82, 2.24) is 20.2 Å². The molecule has 0 bridgehead atoms. The molecular formula is C28H37ClN7O4P. The second-order valence-electron chi connectivity index (χ2n) is 9.71. The molecule has 2 fully saturated rings. The Morgan fingerprint density at radius 2 is 1.66 bits per heavy atom. The van der Waals surface area contributed by atoms with Crippen molar-refractivity contribution in [3.63, 3.8) is 0 Å². The predicted molar refractivity (Wildman–Crippen MR) is 164 cm³/mol. The SMILES string of the molecule is COc1cc(N2CCC(N3CCNCC3)CC2)ccc1Nc1ncc(Cl)c(Nc2ccccc2OP(OC)OC)n1. The van der Waals surface area contributed by atoms with E-state index in [4.69, 9.17) is 29.9 Å². The minimum Gasteiger partial charge on any atom is -0.494 e. The third kappa shape index (κ3) is 7.48. The van der Waals surface area contributed by atoms with Gasteiger partial charge in [-0.15, -0.1) is 0 Å². The van der Waals surface area contributed by atoms with Gasteiger partial charge in [0, 0.05) is 71.3 Å². The number of rotatable bonds is 11. The van der Waals surface area contributed by atoms with Crippen molar-refractivity contribution in [1.29, 1.82) is 0 Å². The van der Waals surface area contributed by atoms with E-state index in [0.29, 0.717) is 40.0 Å². The standard InChI is InChI=1S/C28H37ClN7O4P/c1-37-26-18-21(35-14-10-20(11-15-35)36-16-12-30-13-17-36)8-9-24(26)33-28-31-19-22(29)27(34-28)32-23-6-4-5-7-25(23)40-41(38-2)39-3/h4-9,18-20,30H,10-17H2,1-3H3,(H2,31,32,33,34). The number of hydrogen-bond acceptors (Lipinski definition) is 11. The third-order valence-corrected chi connectivity index (χ3v) is 8.50. The van der Waals surface area contributed by atoms with Crippen LogP contribution < -0.4 is 30.1 Å². The molecule has 2 saturated heterocycles. The van der Waals surface area contributed by atoms with E-state index in [-0.39, 0.29) is 0 Å². The molecule has 2 aliphatic heterocycles. The van der Waals surface area contributed by atoms with Crippen LogP contribution in [-0.4, -0.2) is 81.5 Å². The lowest BCUT2D eigenvalue weighted by molar-refractivity contribution is 0.150. The molecule has 0 radical (unpaired) electrons. The molecule has 220 valence electrons. The normalized spacial score (nSPS) is 16.6. The molecule has 0 unspecified atom stereocenters. The lowest BCUT2D eigenvalue weighted by atomic mass is 10.0. The molecule has 0 saturated carbocycles. The highest BCUT2D eigenvalue weighted by Gasteiger charge is 2.26. The van der Waals surface area contributed by atoms with Crippen LogP contribution in [0.3, 0.4) is 0 Å². The van der Waals surface area contributed by atoms with E-state index < -0.39 is 8.60 Å². The lowest BCUT2D eigenvalue weighted by Crippen LogP contribution is -2.52. The molecule has 41 heavy (non-hydrogen) atoms. The maximum Gasteiger partial charge on any atom is 0.396 e. The van der Waals surface area contributed by atoms with Crippen LogP contribution in [0.2, 0.25) is 5.02 Å². The van der Waals surface area contributed by atoms with Crippen molar-refractivity contribution < 1.29 is 18.3 Å². The Kier molecular flexibility index (Phi) is 10.3. The van der Waals surface area contributed by atoms with Crippen molar-refractivity contribution in [3.8, 4) is 11.5 Å². The molecule has 3 N–H and O–H groups in total. The Bertz CT molecular complexity index is 1290. The number of anilines is 5. The second kappa shape index (κ2) is 14.3. The van der Waals surface area contributed by atoms with Crippen LogP contribution in [-0.2, 0) is 9.05 Å².